The fraction of sp³-hybridized carbons (Fsp3) is 0.900. The van der Waals surface area contributed by atoms with Crippen LogP contribution in [0.25, 0.3) is 0 Å². The van der Waals surface area contributed by atoms with Crippen molar-refractivity contribution < 1.29 is 9.90 Å². The molecule has 4 saturated carbocycles. The van der Waals surface area contributed by atoms with Gasteiger partial charge in [0, 0.05) is 17.3 Å². The van der Waals surface area contributed by atoms with Crippen LogP contribution in [0.1, 0.15) is 113 Å². The minimum atomic E-state index is -0.205. The molecule has 5 aliphatic rings. The van der Waals surface area contributed by atoms with E-state index in [2.05, 4.69) is 54.5 Å². The highest BCUT2D eigenvalue weighted by atomic mass is 16.3. The Morgan fingerprint density at radius 1 is 0.906 bits per heavy atom. The predicted octanol–water partition coefficient (Wildman–Crippen LogP) is 7.35. The first kappa shape index (κ1) is 23.1. The SMILES string of the molecule is CC1(C)CCC2(C)CCC3(CO)C(=CCC4C5(C)CCC(=O)C(C)(C)C5CCC43C)C2C1. The Morgan fingerprint density at radius 3 is 2.28 bits per heavy atom. The highest BCUT2D eigenvalue weighted by Crippen LogP contribution is 2.75. The van der Waals surface area contributed by atoms with E-state index in [1.54, 1.807) is 5.57 Å². The highest BCUT2D eigenvalue weighted by molar-refractivity contribution is 5.85. The Bertz CT molecular complexity index is 851. The maximum atomic E-state index is 12.9. The van der Waals surface area contributed by atoms with Gasteiger partial charge in [-0.3, -0.25) is 4.79 Å². The molecule has 180 valence electrons. The average molecular weight is 441 g/mol. The Morgan fingerprint density at radius 2 is 1.59 bits per heavy atom. The van der Waals surface area contributed by atoms with E-state index >= 15 is 0 Å². The minimum Gasteiger partial charge on any atom is -0.395 e. The molecule has 32 heavy (non-hydrogen) atoms. The third-order valence-corrected chi connectivity index (χ3v) is 12.8. The first-order chi connectivity index (χ1) is 14.8. The summed E-state index contributed by atoms with van der Waals surface area (Å²) >= 11 is 0. The van der Waals surface area contributed by atoms with Crippen molar-refractivity contribution in [3.8, 4) is 0 Å². The number of carbonyl (C=O) groups excluding carboxylic acids is 1. The number of aliphatic hydroxyl groups is 1. The summed E-state index contributed by atoms with van der Waals surface area (Å²) in [6.07, 6.45) is 14.2. The van der Waals surface area contributed by atoms with Crippen LogP contribution in [-0.2, 0) is 4.79 Å². The number of rotatable bonds is 1. The second-order valence-corrected chi connectivity index (χ2v) is 14.9. The minimum absolute atomic E-state index is 0.0624. The molecule has 5 aliphatic carbocycles. The van der Waals surface area contributed by atoms with E-state index in [-0.39, 0.29) is 21.7 Å². The Kier molecular flexibility index (Phi) is 4.87. The number of hydrogen-bond acceptors (Lipinski definition) is 2. The van der Waals surface area contributed by atoms with Crippen LogP contribution >= 0.6 is 0 Å². The second kappa shape index (κ2) is 6.73. The van der Waals surface area contributed by atoms with Crippen molar-refractivity contribution in [3.63, 3.8) is 0 Å². The fourth-order valence-electron chi connectivity index (χ4n) is 10.5. The summed E-state index contributed by atoms with van der Waals surface area (Å²) < 4.78 is 0. The molecule has 7 unspecified atom stereocenters. The van der Waals surface area contributed by atoms with Crippen molar-refractivity contribution in [2.45, 2.75) is 113 Å². The van der Waals surface area contributed by atoms with Gasteiger partial charge in [0.1, 0.15) is 5.78 Å². The summed E-state index contributed by atoms with van der Waals surface area (Å²) in [7, 11) is 0. The van der Waals surface area contributed by atoms with E-state index in [0.29, 0.717) is 41.0 Å². The number of ketones is 1. The van der Waals surface area contributed by atoms with Crippen molar-refractivity contribution in [3.05, 3.63) is 11.6 Å². The lowest BCUT2D eigenvalue weighted by Gasteiger charge is -2.71. The van der Waals surface area contributed by atoms with E-state index < -0.39 is 0 Å². The smallest absolute Gasteiger partial charge is 0.138 e. The third kappa shape index (κ3) is 2.71. The summed E-state index contributed by atoms with van der Waals surface area (Å²) in [5, 5.41) is 11.2. The van der Waals surface area contributed by atoms with Crippen molar-refractivity contribution in [1.82, 2.24) is 0 Å². The summed E-state index contributed by atoms with van der Waals surface area (Å²) in [6, 6.07) is 0. The molecule has 4 fully saturated rings. The Balaban J connectivity index is 1.61. The molecule has 2 heteroatoms. The van der Waals surface area contributed by atoms with Gasteiger partial charge in [0.2, 0.25) is 0 Å². The molecule has 0 aromatic rings. The van der Waals surface area contributed by atoms with Crippen LogP contribution in [0.5, 0.6) is 0 Å². The van der Waals surface area contributed by atoms with E-state index in [4.69, 9.17) is 0 Å². The Hall–Kier alpha value is -0.630. The van der Waals surface area contributed by atoms with E-state index in [1.807, 2.05) is 0 Å². The van der Waals surface area contributed by atoms with E-state index in [1.165, 1.54) is 32.1 Å². The first-order valence-corrected chi connectivity index (χ1v) is 13.6. The van der Waals surface area contributed by atoms with Gasteiger partial charge >= 0.3 is 0 Å². The lowest BCUT2D eigenvalue weighted by Crippen LogP contribution is -2.65. The molecule has 0 amide bonds. The quantitative estimate of drug-likeness (QED) is 0.433. The molecule has 0 saturated heterocycles. The molecular weight excluding hydrogens is 392 g/mol. The second-order valence-electron chi connectivity index (χ2n) is 14.9. The van der Waals surface area contributed by atoms with Crippen LogP contribution in [-0.4, -0.2) is 17.5 Å². The summed E-state index contributed by atoms with van der Waals surface area (Å²) in [6.45, 7) is 17.3. The van der Waals surface area contributed by atoms with Gasteiger partial charge in [-0.2, -0.15) is 0 Å². The monoisotopic (exact) mass is 440 g/mol. The van der Waals surface area contributed by atoms with Gasteiger partial charge in [0.15, 0.2) is 0 Å². The number of aliphatic hydroxyl groups excluding tert-OH is 1. The summed E-state index contributed by atoms with van der Waals surface area (Å²) in [4.78, 5) is 12.9. The number of carbonyl (C=O) groups is 1. The zero-order valence-electron chi connectivity index (χ0n) is 21.9. The molecule has 0 spiro atoms. The summed E-state index contributed by atoms with van der Waals surface area (Å²) in [5.74, 6) is 2.14. The van der Waals surface area contributed by atoms with Gasteiger partial charge in [0.25, 0.3) is 0 Å². The van der Waals surface area contributed by atoms with Gasteiger partial charge < -0.3 is 5.11 Å². The average Bonchev–Trinajstić information content (AvgIpc) is 2.71. The predicted molar refractivity (Wildman–Crippen MR) is 131 cm³/mol. The van der Waals surface area contributed by atoms with Crippen LogP contribution in [0.15, 0.2) is 11.6 Å². The van der Waals surface area contributed by atoms with Gasteiger partial charge in [-0.05, 0) is 97.2 Å². The molecule has 0 radical (unpaired) electrons. The van der Waals surface area contributed by atoms with E-state index in [9.17, 15) is 9.90 Å². The van der Waals surface area contributed by atoms with Gasteiger partial charge in [-0.1, -0.05) is 60.1 Å². The van der Waals surface area contributed by atoms with Crippen LogP contribution in [0.4, 0.5) is 0 Å². The van der Waals surface area contributed by atoms with Crippen LogP contribution in [0, 0.1) is 50.2 Å². The molecular formula is C30H48O2. The van der Waals surface area contributed by atoms with Crippen molar-refractivity contribution >= 4 is 5.78 Å². The lowest BCUT2D eigenvalue weighted by molar-refractivity contribution is -0.194. The van der Waals surface area contributed by atoms with Gasteiger partial charge in [-0.15, -0.1) is 0 Å². The topological polar surface area (TPSA) is 37.3 Å². The van der Waals surface area contributed by atoms with Crippen LogP contribution in [0.3, 0.4) is 0 Å². The molecule has 5 rings (SSSR count). The van der Waals surface area contributed by atoms with Crippen molar-refractivity contribution in [2.24, 2.45) is 50.2 Å². The van der Waals surface area contributed by atoms with Gasteiger partial charge in [-0.25, -0.2) is 0 Å². The van der Waals surface area contributed by atoms with Crippen molar-refractivity contribution in [1.29, 1.82) is 0 Å². The zero-order valence-corrected chi connectivity index (χ0v) is 21.9. The van der Waals surface area contributed by atoms with Crippen LogP contribution < -0.4 is 0 Å². The molecule has 7 atom stereocenters. The molecule has 1 N–H and O–H groups in total. The molecule has 2 nitrogen and oxygen atoms in total. The Labute approximate surface area is 197 Å². The maximum absolute atomic E-state index is 12.9. The molecule has 0 heterocycles. The molecule has 0 aromatic carbocycles. The first-order valence-electron chi connectivity index (χ1n) is 13.6. The van der Waals surface area contributed by atoms with Crippen LogP contribution in [0.2, 0.25) is 0 Å². The molecule has 0 aromatic heterocycles. The number of allylic oxidation sites excluding steroid dienone is 1. The largest absolute Gasteiger partial charge is 0.395 e. The maximum Gasteiger partial charge on any atom is 0.138 e. The zero-order chi connectivity index (χ0) is 23.4. The molecule has 0 aliphatic heterocycles. The molecule has 0 bridgehead atoms. The van der Waals surface area contributed by atoms with Gasteiger partial charge in [0.05, 0.1) is 6.61 Å². The van der Waals surface area contributed by atoms with Crippen molar-refractivity contribution in [2.75, 3.05) is 6.61 Å². The number of hydrogen-bond donors (Lipinski definition) is 1. The van der Waals surface area contributed by atoms with E-state index in [0.717, 1.165) is 32.1 Å². The number of fused-ring (bicyclic) bond motifs is 7. The highest BCUT2D eigenvalue weighted by Gasteiger charge is 2.69. The normalized spacial score (nSPS) is 51.6. The standard InChI is InChI=1S/C30H48O2/c1-25(2)14-15-27(5)16-17-30(19-31)20(21(27)18-25)8-9-23-28(6)12-11-24(32)26(3,4)22(28)10-13-29(23,30)7/h8,21-23,31H,9-19H2,1-7H3. The fourth-order valence-corrected chi connectivity index (χ4v) is 10.5. The lowest BCUT2D eigenvalue weighted by atomic mass is 9.33. The third-order valence-electron chi connectivity index (χ3n) is 12.8. The number of Topliss-reactive ketones (excluding diaryl/α,β-unsaturated/α-hetero) is 1. The summed E-state index contributed by atoms with van der Waals surface area (Å²) in [5.41, 5.74) is 2.52.